The summed E-state index contributed by atoms with van der Waals surface area (Å²) in [5, 5.41) is 31.5. The molecular weight excluding hydrogens is 381 g/mol. The minimum atomic E-state index is -1.11. The second kappa shape index (κ2) is 8.78. The van der Waals surface area contributed by atoms with Gasteiger partial charge in [-0.2, -0.15) is 0 Å². The molecule has 0 aliphatic carbocycles. The van der Waals surface area contributed by atoms with Crippen molar-refractivity contribution in [3.8, 4) is 0 Å². The Kier molecular flexibility index (Phi) is 7.42. The first-order valence-corrected chi connectivity index (χ1v) is 9.11. The Bertz CT molecular complexity index is 473. The molecule has 0 radical (unpaired) electrons. The first kappa shape index (κ1) is 22.0. The van der Waals surface area contributed by atoms with Crippen molar-refractivity contribution in [1.82, 2.24) is 20.9 Å². The van der Waals surface area contributed by atoms with Crippen LogP contribution >= 0.6 is 0 Å². The van der Waals surface area contributed by atoms with Crippen molar-refractivity contribution in [2.75, 3.05) is 72.2 Å². The summed E-state index contributed by atoms with van der Waals surface area (Å²) in [5.74, 6) is 0. The van der Waals surface area contributed by atoms with E-state index in [0.717, 1.165) is 39.5 Å². The minimum absolute atomic E-state index is 0. The summed E-state index contributed by atoms with van der Waals surface area (Å²) < 4.78 is 0. The van der Waals surface area contributed by atoms with E-state index in [1.165, 1.54) is 0 Å². The van der Waals surface area contributed by atoms with Gasteiger partial charge >= 0.3 is 16.8 Å². The van der Waals surface area contributed by atoms with Gasteiger partial charge < -0.3 is 26.6 Å². The fraction of sp³-hybridized carbons (Fsp3) is 1.00. The molecule has 4 bridgehead atoms. The Morgan fingerprint density at radius 3 is 2.00 bits per heavy atom. The van der Waals surface area contributed by atoms with Crippen molar-refractivity contribution in [3.05, 3.63) is 20.7 Å². The van der Waals surface area contributed by atoms with Crippen LogP contribution in [0.2, 0.25) is 0 Å². The van der Waals surface area contributed by atoms with E-state index < -0.39 is 5.54 Å². The van der Waals surface area contributed by atoms with Crippen molar-refractivity contribution in [1.29, 1.82) is 0 Å². The fourth-order valence-electron chi connectivity index (χ4n) is 4.08. The SMILES string of the molecule is CC12C[N-]CC3([N+](=O)[O-])C[N-]CC(C)(CNC3)CN(CNC1)CNC2.[Co+3]. The van der Waals surface area contributed by atoms with Gasteiger partial charge in [0.2, 0.25) is 0 Å². The molecule has 10 heteroatoms. The van der Waals surface area contributed by atoms with Crippen LogP contribution < -0.4 is 16.0 Å². The topological polar surface area (TPSA) is 111 Å². The molecular formula is C16H31CoN7O2+. The third kappa shape index (κ3) is 5.13. The van der Waals surface area contributed by atoms with Crippen LogP contribution in [0.15, 0.2) is 0 Å². The predicted molar refractivity (Wildman–Crippen MR) is 97.4 cm³/mol. The normalized spacial score (nSPS) is 42.2. The van der Waals surface area contributed by atoms with Gasteiger partial charge in [-0.15, -0.1) is 13.1 Å². The zero-order valence-corrected chi connectivity index (χ0v) is 16.8. The van der Waals surface area contributed by atoms with Crippen LogP contribution in [0.3, 0.4) is 0 Å². The molecule has 5 aliphatic rings. The van der Waals surface area contributed by atoms with Crippen LogP contribution in [0.4, 0.5) is 0 Å². The average molecular weight is 412 g/mol. The van der Waals surface area contributed by atoms with Crippen molar-refractivity contribution in [2.45, 2.75) is 19.4 Å². The Morgan fingerprint density at radius 2 is 1.42 bits per heavy atom. The van der Waals surface area contributed by atoms with Gasteiger partial charge in [0.25, 0.3) is 0 Å². The number of fused-ring (bicyclic) bond motifs is 4. The molecule has 3 N–H and O–H groups in total. The molecule has 2 unspecified atom stereocenters. The Hall–Kier alpha value is -0.334. The summed E-state index contributed by atoms with van der Waals surface area (Å²) in [6, 6.07) is 0. The maximum atomic E-state index is 11.8. The van der Waals surface area contributed by atoms with Crippen LogP contribution in [0.1, 0.15) is 13.8 Å². The van der Waals surface area contributed by atoms with Gasteiger partial charge in [0.1, 0.15) is 0 Å². The smallest absolute Gasteiger partial charge is 0.656 e. The summed E-state index contributed by atoms with van der Waals surface area (Å²) in [7, 11) is 0. The van der Waals surface area contributed by atoms with Gasteiger partial charge in [-0.25, -0.2) is 0 Å². The third-order valence-electron chi connectivity index (χ3n) is 5.57. The molecule has 5 fully saturated rings. The van der Waals surface area contributed by atoms with Gasteiger partial charge in [-0.1, -0.05) is 26.9 Å². The maximum absolute atomic E-state index is 11.8. The summed E-state index contributed by atoms with van der Waals surface area (Å²) in [5.41, 5.74) is -1.18. The number of nitrogens with zero attached hydrogens (tertiary/aromatic N) is 4. The van der Waals surface area contributed by atoms with Crippen LogP contribution in [-0.2, 0) is 16.8 Å². The van der Waals surface area contributed by atoms with E-state index in [0.29, 0.717) is 19.6 Å². The molecule has 5 rings (SSSR count). The number of nitrogens with one attached hydrogen (secondary N) is 3. The molecule has 5 aliphatic heterocycles. The van der Waals surface area contributed by atoms with Crippen molar-refractivity contribution in [3.63, 3.8) is 0 Å². The van der Waals surface area contributed by atoms with Crippen molar-refractivity contribution >= 4 is 0 Å². The number of rotatable bonds is 1. The first-order valence-electron chi connectivity index (χ1n) is 9.11. The van der Waals surface area contributed by atoms with Crippen molar-refractivity contribution < 1.29 is 21.7 Å². The van der Waals surface area contributed by atoms with Gasteiger partial charge in [0.15, 0.2) is 5.54 Å². The number of hydrogen-bond acceptors (Lipinski definition) is 6. The molecule has 0 aromatic rings. The molecule has 150 valence electrons. The summed E-state index contributed by atoms with van der Waals surface area (Å²) in [6.45, 7) is 11.4. The van der Waals surface area contributed by atoms with Crippen LogP contribution in [0, 0.1) is 20.9 Å². The summed E-state index contributed by atoms with van der Waals surface area (Å²) >= 11 is 0. The van der Waals surface area contributed by atoms with E-state index in [2.05, 4.69) is 45.3 Å². The Morgan fingerprint density at radius 1 is 0.885 bits per heavy atom. The second-order valence-electron chi connectivity index (χ2n) is 8.78. The van der Waals surface area contributed by atoms with Gasteiger partial charge in [0.05, 0.1) is 6.54 Å². The molecule has 0 spiro atoms. The molecule has 26 heavy (non-hydrogen) atoms. The zero-order chi connectivity index (χ0) is 18.0. The molecule has 0 saturated carbocycles. The molecule has 0 aromatic carbocycles. The third-order valence-corrected chi connectivity index (χ3v) is 5.57. The zero-order valence-electron chi connectivity index (χ0n) is 15.7. The average Bonchev–Trinajstić information content (AvgIpc) is 2.50. The molecule has 0 aromatic heterocycles. The van der Waals surface area contributed by atoms with E-state index in [1.54, 1.807) is 0 Å². The fourth-order valence-corrected chi connectivity index (χ4v) is 4.08. The standard InChI is InChI=1S/C16H31N7O2.Co/c1-14-3-17-8-16(23(24)25)9-18-6-15(2,7-19-10-16)11-22(12-20-4-14)13-21-5-14;/h18,20-21H,3-13H2,1-2H3;/q-2;+3. The molecule has 2 atom stereocenters. The van der Waals surface area contributed by atoms with E-state index >= 15 is 0 Å². The Balaban J connectivity index is 0.00000243. The van der Waals surface area contributed by atoms with E-state index in [-0.39, 0.29) is 45.6 Å². The van der Waals surface area contributed by atoms with Crippen LogP contribution in [-0.4, -0.2) is 87.6 Å². The predicted octanol–water partition coefficient (Wildman–Crippen LogP) is -0.214. The minimum Gasteiger partial charge on any atom is -0.656 e. The van der Waals surface area contributed by atoms with Crippen molar-refractivity contribution in [2.24, 2.45) is 10.8 Å². The molecule has 5 saturated heterocycles. The monoisotopic (exact) mass is 412 g/mol. The van der Waals surface area contributed by atoms with E-state index in [9.17, 15) is 10.1 Å². The van der Waals surface area contributed by atoms with Crippen LogP contribution in [0.25, 0.3) is 10.6 Å². The molecule has 5 heterocycles. The Labute approximate surface area is 166 Å². The maximum Gasteiger partial charge on any atom is 3.00 e. The van der Waals surface area contributed by atoms with E-state index in [4.69, 9.17) is 0 Å². The van der Waals surface area contributed by atoms with Gasteiger partial charge in [0, 0.05) is 44.4 Å². The number of nitro groups is 1. The molecule has 0 amide bonds. The first-order chi connectivity index (χ1) is 11.9. The van der Waals surface area contributed by atoms with Crippen LogP contribution in [0.5, 0.6) is 0 Å². The largest absolute Gasteiger partial charge is 3.00 e. The van der Waals surface area contributed by atoms with Gasteiger partial charge in [-0.05, 0) is 10.8 Å². The molecule has 9 nitrogen and oxygen atoms in total. The summed E-state index contributed by atoms with van der Waals surface area (Å²) in [6.07, 6.45) is 0. The van der Waals surface area contributed by atoms with Gasteiger partial charge in [-0.3, -0.25) is 15.0 Å². The summed E-state index contributed by atoms with van der Waals surface area (Å²) in [4.78, 5) is 14.0. The van der Waals surface area contributed by atoms with E-state index in [1.807, 2.05) is 0 Å². The number of hydrogen-bond donors (Lipinski definition) is 3. The second-order valence-corrected chi connectivity index (χ2v) is 8.78. The quantitative estimate of drug-likeness (QED) is 0.406.